The lowest BCUT2D eigenvalue weighted by Crippen LogP contribution is -2.19. The van der Waals surface area contributed by atoms with E-state index in [0.717, 1.165) is 13.0 Å². The number of nitrogens with zero attached hydrogens (tertiary/aromatic N) is 1. The van der Waals surface area contributed by atoms with Crippen LogP contribution in [0.25, 0.3) is 0 Å². The van der Waals surface area contributed by atoms with Crippen LogP contribution in [-0.2, 0) is 0 Å². The molecule has 0 aliphatic heterocycles. The molecule has 0 aromatic carbocycles. The second-order valence-corrected chi connectivity index (χ2v) is 2.80. The van der Waals surface area contributed by atoms with E-state index in [0.29, 0.717) is 6.04 Å². The van der Waals surface area contributed by atoms with Crippen molar-refractivity contribution in [2.45, 2.75) is 26.3 Å². The first-order valence-corrected chi connectivity index (χ1v) is 4.51. The Hall–Kier alpha value is -0.890. The quantitative estimate of drug-likeness (QED) is 0.737. The Morgan fingerprint density at radius 3 is 2.83 bits per heavy atom. The average molecular weight is 164 g/mol. The van der Waals surface area contributed by atoms with Gasteiger partial charge in [-0.2, -0.15) is 0 Å². The highest BCUT2D eigenvalue weighted by Gasteiger charge is 2.05. The summed E-state index contributed by atoms with van der Waals surface area (Å²) in [5, 5.41) is 3.41. The molecule has 1 rings (SSSR count). The molecule has 1 heterocycles. The topological polar surface area (TPSA) is 24.9 Å². The molecule has 2 heteroatoms. The van der Waals surface area contributed by atoms with Crippen LogP contribution in [0.3, 0.4) is 0 Å². The van der Waals surface area contributed by atoms with Crippen LogP contribution in [0.5, 0.6) is 0 Å². The van der Waals surface area contributed by atoms with Crippen molar-refractivity contribution >= 4 is 0 Å². The van der Waals surface area contributed by atoms with Gasteiger partial charge in [0.25, 0.3) is 0 Å². The van der Waals surface area contributed by atoms with Gasteiger partial charge in [0, 0.05) is 18.4 Å². The molecule has 1 N–H and O–H groups in total. The third-order valence-electron chi connectivity index (χ3n) is 1.95. The molecule has 0 aliphatic carbocycles. The van der Waals surface area contributed by atoms with Crippen LogP contribution >= 0.6 is 0 Å². The highest BCUT2D eigenvalue weighted by molar-refractivity contribution is 5.13. The van der Waals surface area contributed by atoms with Crippen LogP contribution in [0.4, 0.5) is 0 Å². The lowest BCUT2D eigenvalue weighted by atomic mass is 10.1. The fraction of sp³-hybridized carbons (Fsp3) is 0.500. The fourth-order valence-electron chi connectivity index (χ4n) is 1.33. The molecule has 0 spiro atoms. The third kappa shape index (κ3) is 2.31. The molecule has 12 heavy (non-hydrogen) atoms. The smallest absolute Gasteiger partial charge is 0.0332 e. The highest BCUT2D eigenvalue weighted by Crippen LogP contribution is 2.13. The van der Waals surface area contributed by atoms with Crippen LogP contribution in [0.2, 0.25) is 0 Å². The summed E-state index contributed by atoms with van der Waals surface area (Å²) in [6, 6.07) is 4.56. The third-order valence-corrected chi connectivity index (χ3v) is 1.95. The minimum atomic E-state index is 0.462. The Bertz CT molecular complexity index is 208. The zero-order chi connectivity index (χ0) is 8.81. The molecule has 1 aromatic rings. The van der Waals surface area contributed by atoms with Crippen molar-refractivity contribution in [1.82, 2.24) is 10.3 Å². The summed E-state index contributed by atoms with van der Waals surface area (Å²) in [5.41, 5.74) is 1.28. The Morgan fingerprint density at radius 1 is 1.50 bits per heavy atom. The van der Waals surface area contributed by atoms with Gasteiger partial charge in [-0.15, -0.1) is 0 Å². The van der Waals surface area contributed by atoms with Gasteiger partial charge in [0.05, 0.1) is 0 Å². The molecule has 1 aromatic heterocycles. The lowest BCUT2D eigenvalue weighted by molar-refractivity contribution is 0.536. The Morgan fingerprint density at radius 2 is 2.33 bits per heavy atom. The van der Waals surface area contributed by atoms with Crippen molar-refractivity contribution in [2.24, 2.45) is 0 Å². The molecule has 0 saturated heterocycles. The predicted molar refractivity (Wildman–Crippen MR) is 50.9 cm³/mol. The van der Waals surface area contributed by atoms with Crippen LogP contribution in [0.1, 0.15) is 31.9 Å². The molecule has 0 fully saturated rings. The zero-order valence-corrected chi connectivity index (χ0v) is 7.75. The van der Waals surface area contributed by atoms with Crippen LogP contribution in [0.15, 0.2) is 24.5 Å². The molecule has 0 amide bonds. The number of rotatable bonds is 4. The van der Waals surface area contributed by atoms with Gasteiger partial charge in [-0.25, -0.2) is 0 Å². The van der Waals surface area contributed by atoms with Crippen LogP contribution < -0.4 is 5.32 Å². The van der Waals surface area contributed by atoms with Crippen molar-refractivity contribution in [1.29, 1.82) is 0 Å². The Balaban J connectivity index is 2.66. The lowest BCUT2D eigenvalue weighted by Gasteiger charge is -2.14. The molecule has 0 saturated carbocycles. The summed E-state index contributed by atoms with van der Waals surface area (Å²) in [6.45, 7) is 5.31. The van der Waals surface area contributed by atoms with Crippen molar-refractivity contribution < 1.29 is 0 Å². The minimum absolute atomic E-state index is 0.462. The first-order valence-electron chi connectivity index (χ1n) is 4.51. The highest BCUT2D eigenvalue weighted by atomic mass is 14.9. The average Bonchev–Trinajstić information content (AvgIpc) is 2.15. The van der Waals surface area contributed by atoms with Crippen LogP contribution in [-0.4, -0.2) is 11.5 Å². The summed E-state index contributed by atoms with van der Waals surface area (Å²) < 4.78 is 0. The molecule has 1 atom stereocenters. The first-order chi connectivity index (χ1) is 5.88. The second kappa shape index (κ2) is 4.88. The number of hydrogen-bond acceptors (Lipinski definition) is 2. The monoisotopic (exact) mass is 164 g/mol. The van der Waals surface area contributed by atoms with Crippen LogP contribution in [0, 0.1) is 0 Å². The van der Waals surface area contributed by atoms with Gasteiger partial charge in [0.15, 0.2) is 0 Å². The molecular weight excluding hydrogens is 148 g/mol. The maximum absolute atomic E-state index is 4.10. The molecule has 66 valence electrons. The van der Waals surface area contributed by atoms with Gasteiger partial charge >= 0.3 is 0 Å². The van der Waals surface area contributed by atoms with Gasteiger partial charge in [0.1, 0.15) is 0 Å². The maximum atomic E-state index is 4.10. The molecule has 0 aliphatic rings. The Labute approximate surface area is 74.0 Å². The van der Waals surface area contributed by atoms with E-state index in [1.807, 2.05) is 18.5 Å². The normalized spacial score (nSPS) is 12.8. The first kappa shape index (κ1) is 9.20. The van der Waals surface area contributed by atoms with E-state index < -0.39 is 0 Å². The summed E-state index contributed by atoms with van der Waals surface area (Å²) in [5.74, 6) is 0. The molecular formula is C10H16N2. The molecule has 0 radical (unpaired) electrons. The summed E-state index contributed by atoms with van der Waals surface area (Å²) in [4.78, 5) is 4.10. The van der Waals surface area contributed by atoms with E-state index in [9.17, 15) is 0 Å². The summed E-state index contributed by atoms with van der Waals surface area (Å²) in [7, 11) is 0. The van der Waals surface area contributed by atoms with Crippen molar-refractivity contribution in [2.75, 3.05) is 6.54 Å². The summed E-state index contributed by atoms with van der Waals surface area (Å²) in [6.07, 6.45) is 4.85. The Kier molecular flexibility index (Phi) is 3.74. The second-order valence-electron chi connectivity index (χ2n) is 2.80. The number of pyridine rings is 1. The van der Waals surface area contributed by atoms with E-state index in [2.05, 4.69) is 30.2 Å². The maximum Gasteiger partial charge on any atom is 0.0332 e. The number of hydrogen-bond donors (Lipinski definition) is 1. The van der Waals surface area contributed by atoms with Gasteiger partial charge in [-0.3, -0.25) is 4.98 Å². The summed E-state index contributed by atoms with van der Waals surface area (Å²) >= 11 is 0. The van der Waals surface area contributed by atoms with E-state index in [-0.39, 0.29) is 0 Å². The number of aromatic nitrogens is 1. The SMILES string of the molecule is CCNC(CC)c1cccnc1. The molecule has 0 bridgehead atoms. The zero-order valence-electron chi connectivity index (χ0n) is 7.75. The largest absolute Gasteiger partial charge is 0.310 e. The van der Waals surface area contributed by atoms with Crippen molar-refractivity contribution in [3.8, 4) is 0 Å². The van der Waals surface area contributed by atoms with E-state index in [1.54, 1.807) is 0 Å². The molecule has 2 nitrogen and oxygen atoms in total. The fourth-order valence-corrected chi connectivity index (χ4v) is 1.33. The van der Waals surface area contributed by atoms with E-state index >= 15 is 0 Å². The van der Waals surface area contributed by atoms with Gasteiger partial charge < -0.3 is 5.32 Å². The number of nitrogens with one attached hydrogen (secondary N) is 1. The van der Waals surface area contributed by atoms with Crippen molar-refractivity contribution in [3.05, 3.63) is 30.1 Å². The predicted octanol–water partition coefficient (Wildman–Crippen LogP) is 2.14. The van der Waals surface area contributed by atoms with E-state index in [4.69, 9.17) is 0 Å². The minimum Gasteiger partial charge on any atom is -0.310 e. The van der Waals surface area contributed by atoms with Crippen molar-refractivity contribution in [3.63, 3.8) is 0 Å². The van der Waals surface area contributed by atoms with Gasteiger partial charge in [-0.1, -0.05) is 19.9 Å². The van der Waals surface area contributed by atoms with Gasteiger partial charge in [0.2, 0.25) is 0 Å². The van der Waals surface area contributed by atoms with E-state index in [1.165, 1.54) is 5.56 Å². The van der Waals surface area contributed by atoms with Gasteiger partial charge in [-0.05, 0) is 24.6 Å². The molecule has 1 unspecified atom stereocenters. The standard InChI is InChI=1S/C10H16N2/c1-3-10(12-4-2)9-6-5-7-11-8-9/h5-8,10,12H,3-4H2,1-2H3.